The first-order chi connectivity index (χ1) is 13.4. The summed E-state index contributed by atoms with van der Waals surface area (Å²) in [5, 5.41) is 9.53. The molecular weight excluding hydrogens is 369 g/mol. The van der Waals surface area contributed by atoms with Gasteiger partial charge >= 0.3 is 6.18 Å². The molecule has 28 heavy (non-hydrogen) atoms. The quantitative estimate of drug-likeness (QED) is 0.219. The molecule has 0 radical (unpaired) electrons. The zero-order valence-electron chi connectivity index (χ0n) is 15.8. The standard InChI is InChI=1S/C21H25F3N2O2/c1-3-7-19(28-16-17-9-11-18(27-2)12-10-17)8-5-4-6-14-26-15-13-20(25)21(22,23)24/h3,5,7-13,15,25-26H,1,4,6,14,16H2,2H3/b8-5-,15-13-,19-7+,25-20?. The third-order valence-corrected chi connectivity index (χ3v) is 3.49. The van der Waals surface area contributed by atoms with Crippen LogP contribution in [-0.2, 0) is 11.3 Å². The summed E-state index contributed by atoms with van der Waals surface area (Å²) in [4.78, 5) is 0. The van der Waals surface area contributed by atoms with Gasteiger partial charge in [0.15, 0.2) is 0 Å². The minimum atomic E-state index is -4.61. The maximum atomic E-state index is 12.1. The highest BCUT2D eigenvalue weighted by molar-refractivity contribution is 5.96. The molecule has 2 N–H and O–H groups in total. The van der Waals surface area contributed by atoms with Gasteiger partial charge in [-0.15, -0.1) is 0 Å². The van der Waals surface area contributed by atoms with Crippen molar-refractivity contribution in [2.24, 2.45) is 0 Å². The Morgan fingerprint density at radius 1 is 1.21 bits per heavy atom. The van der Waals surface area contributed by atoms with Crippen LogP contribution in [0.15, 0.2) is 73.2 Å². The van der Waals surface area contributed by atoms with Crippen LogP contribution in [0.2, 0.25) is 0 Å². The van der Waals surface area contributed by atoms with E-state index in [2.05, 4.69) is 11.9 Å². The van der Waals surface area contributed by atoms with Gasteiger partial charge in [-0.25, -0.2) is 0 Å². The van der Waals surface area contributed by atoms with Crippen LogP contribution in [0.4, 0.5) is 13.2 Å². The van der Waals surface area contributed by atoms with E-state index < -0.39 is 11.9 Å². The predicted molar refractivity (Wildman–Crippen MR) is 105 cm³/mol. The monoisotopic (exact) mass is 394 g/mol. The van der Waals surface area contributed by atoms with E-state index in [4.69, 9.17) is 14.9 Å². The van der Waals surface area contributed by atoms with E-state index in [1.165, 1.54) is 0 Å². The van der Waals surface area contributed by atoms with Gasteiger partial charge in [0.2, 0.25) is 0 Å². The largest absolute Gasteiger partial charge is 0.497 e. The van der Waals surface area contributed by atoms with Gasteiger partial charge in [0.05, 0.1) is 7.11 Å². The Morgan fingerprint density at radius 2 is 1.93 bits per heavy atom. The number of rotatable bonds is 12. The van der Waals surface area contributed by atoms with Crippen molar-refractivity contribution in [3.63, 3.8) is 0 Å². The molecule has 0 aliphatic carbocycles. The summed E-state index contributed by atoms with van der Waals surface area (Å²) in [6, 6.07) is 7.57. The molecule has 1 aromatic rings. The topological polar surface area (TPSA) is 54.3 Å². The number of methoxy groups -OCH3 is 1. The highest BCUT2D eigenvalue weighted by Crippen LogP contribution is 2.16. The molecule has 0 bridgehead atoms. The molecule has 0 aliphatic rings. The van der Waals surface area contributed by atoms with Crippen molar-refractivity contribution in [3.8, 4) is 5.75 Å². The molecule has 0 unspecified atom stereocenters. The summed E-state index contributed by atoms with van der Waals surface area (Å²) >= 11 is 0. The Hall–Kier alpha value is -2.96. The molecule has 0 spiro atoms. The van der Waals surface area contributed by atoms with Crippen molar-refractivity contribution < 1.29 is 22.6 Å². The lowest BCUT2D eigenvalue weighted by molar-refractivity contribution is -0.0584. The molecule has 0 aromatic heterocycles. The van der Waals surface area contributed by atoms with E-state index in [1.54, 1.807) is 19.3 Å². The lowest BCUT2D eigenvalue weighted by atomic mass is 10.2. The minimum absolute atomic E-state index is 0.408. The summed E-state index contributed by atoms with van der Waals surface area (Å²) in [5.74, 6) is 1.45. The van der Waals surface area contributed by atoms with Gasteiger partial charge in [-0.2, -0.15) is 13.2 Å². The zero-order chi connectivity index (χ0) is 20.8. The van der Waals surface area contributed by atoms with Gasteiger partial charge in [0, 0.05) is 6.54 Å². The second-order valence-corrected chi connectivity index (χ2v) is 5.68. The maximum absolute atomic E-state index is 12.1. The Bertz CT molecular complexity index is 705. The molecule has 0 aliphatic heterocycles. The predicted octanol–water partition coefficient (Wildman–Crippen LogP) is 5.30. The van der Waals surface area contributed by atoms with Gasteiger partial charge in [0.1, 0.15) is 23.8 Å². The second kappa shape index (κ2) is 12.4. The first kappa shape index (κ1) is 23.1. The van der Waals surface area contributed by atoms with Gasteiger partial charge in [-0.3, -0.25) is 5.41 Å². The summed E-state index contributed by atoms with van der Waals surface area (Å²) in [6.07, 6.45) is 5.82. The molecule has 4 nitrogen and oxygen atoms in total. The number of allylic oxidation sites excluding steroid dienone is 5. The van der Waals surface area contributed by atoms with E-state index in [1.807, 2.05) is 36.4 Å². The third kappa shape index (κ3) is 9.66. The molecule has 0 saturated carbocycles. The van der Waals surface area contributed by atoms with E-state index in [-0.39, 0.29) is 0 Å². The van der Waals surface area contributed by atoms with Gasteiger partial charge in [0.25, 0.3) is 0 Å². The van der Waals surface area contributed by atoms with E-state index >= 15 is 0 Å². The van der Waals surface area contributed by atoms with Crippen LogP contribution >= 0.6 is 0 Å². The van der Waals surface area contributed by atoms with Gasteiger partial charge < -0.3 is 14.8 Å². The van der Waals surface area contributed by atoms with Gasteiger partial charge in [-0.1, -0.05) is 30.9 Å². The Kier molecular flexibility index (Phi) is 10.2. The van der Waals surface area contributed by atoms with Crippen LogP contribution in [0, 0.1) is 5.41 Å². The number of unbranched alkanes of at least 4 members (excludes halogenated alkanes) is 1. The number of benzene rings is 1. The summed E-state index contributed by atoms with van der Waals surface area (Å²) in [6.45, 7) is 4.57. The minimum Gasteiger partial charge on any atom is -0.497 e. The highest BCUT2D eigenvalue weighted by Gasteiger charge is 2.32. The van der Waals surface area contributed by atoms with Crippen LogP contribution in [0.3, 0.4) is 0 Å². The number of ether oxygens (including phenoxy) is 2. The molecule has 1 aromatic carbocycles. The van der Waals surface area contributed by atoms with E-state index in [9.17, 15) is 13.2 Å². The number of alkyl halides is 3. The van der Waals surface area contributed by atoms with Crippen molar-refractivity contribution in [1.82, 2.24) is 5.32 Å². The van der Waals surface area contributed by atoms with Gasteiger partial charge in [-0.05, 0) is 55.0 Å². The van der Waals surface area contributed by atoms with Crippen molar-refractivity contribution in [3.05, 3.63) is 78.7 Å². The highest BCUT2D eigenvalue weighted by atomic mass is 19.4. The van der Waals surface area contributed by atoms with Crippen LogP contribution in [0.25, 0.3) is 0 Å². The molecule has 1 rings (SSSR count). The molecule has 0 heterocycles. The number of halogens is 3. The molecule has 0 atom stereocenters. The fourth-order valence-electron chi connectivity index (χ4n) is 2.00. The lowest BCUT2D eigenvalue weighted by Gasteiger charge is -2.08. The van der Waals surface area contributed by atoms with E-state index in [0.29, 0.717) is 25.0 Å². The Balaban J connectivity index is 2.32. The van der Waals surface area contributed by atoms with Crippen LogP contribution < -0.4 is 10.1 Å². The molecule has 0 saturated heterocycles. The van der Waals surface area contributed by atoms with Crippen molar-refractivity contribution in [2.75, 3.05) is 13.7 Å². The smallest absolute Gasteiger partial charge is 0.432 e. The van der Waals surface area contributed by atoms with Crippen molar-refractivity contribution in [1.29, 1.82) is 5.41 Å². The van der Waals surface area contributed by atoms with Crippen molar-refractivity contribution in [2.45, 2.75) is 25.6 Å². The number of nitrogens with one attached hydrogen (secondary N) is 2. The lowest BCUT2D eigenvalue weighted by Crippen LogP contribution is -2.20. The first-order valence-electron chi connectivity index (χ1n) is 8.67. The Morgan fingerprint density at radius 3 is 2.54 bits per heavy atom. The SMILES string of the molecule is C=C/C=C(\C=C/CCCN/C=C\C(=N)C(F)(F)F)OCc1ccc(OC)cc1. The normalized spacial score (nSPS) is 12.4. The van der Waals surface area contributed by atoms with Crippen molar-refractivity contribution >= 4 is 5.71 Å². The summed E-state index contributed by atoms with van der Waals surface area (Å²) in [5.41, 5.74) is -0.377. The van der Waals surface area contributed by atoms with Crippen LogP contribution in [0.5, 0.6) is 5.75 Å². The fraction of sp³-hybridized carbons (Fsp3) is 0.286. The maximum Gasteiger partial charge on any atom is 0.432 e. The first-order valence-corrected chi connectivity index (χ1v) is 8.67. The summed E-state index contributed by atoms with van der Waals surface area (Å²) in [7, 11) is 1.61. The van der Waals surface area contributed by atoms with Crippen LogP contribution in [0.1, 0.15) is 18.4 Å². The van der Waals surface area contributed by atoms with Crippen LogP contribution in [-0.4, -0.2) is 25.5 Å². The summed E-state index contributed by atoms with van der Waals surface area (Å²) < 4.78 is 47.2. The number of hydrogen-bond acceptors (Lipinski definition) is 4. The average Bonchev–Trinajstić information content (AvgIpc) is 2.67. The zero-order valence-corrected chi connectivity index (χ0v) is 15.8. The molecule has 7 heteroatoms. The van der Waals surface area contributed by atoms with E-state index in [0.717, 1.165) is 30.4 Å². The average molecular weight is 394 g/mol. The molecule has 0 amide bonds. The second-order valence-electron chi connectivity index (χ2n) is 5.68. The molecule has 152 valence electrons. The third-order valence-electron chi connectivity index (χ3n) is 3.49. The Labute approximate surface area is 163 Å². The molecular formula is C21H25F3N2O2. The fourth-order valence-corrected chi connectivity index (χ4v) is 2.00. The molecule has 0 fully saturated rings. The number of hydrogen-bond donors (Lipinski definition) is 2.